The van der Waals surface area contributed by atoms with Gasteiger partial charge in [0.2, 0.25) is 0 Å². The van der Waals surface area contributed by atoms with Gasteiger partial charge in [0.25, 0.3) is 5.56 Å². The van der Waals surface area contributed by atoms with Gasteiger partial charge in [0.05, 0.1) is 35.9 Å². The van der Waals surface area contributed by atoms with Gasteiger partial charge >= 0.3 is 5.97 Å². The van der Waals surface area contributed by atoms with Gasteiger partial charge in [-0.1, -0.05) is 40.9 Å². The van der Waals surface area contributed by atoms with Crippen molar-refractivity contribution in [1.82, 2.24) is 9.66 Å². The SMILES string of the molecule is CCCCc1nc2ccc(Br)cc2c(=O)n1N=Cc1cc(Cl)c(O[C@@H](C)C(=O)OC)c(OCC)c1. The Labute approximate surface area is 217 Å². The number of hydrogen-bond acceptors (Lipinski definition) is 7. The fraction of sp³-hybridized carbons (Fsp3) is 0.360. The van der Waals surface area contributed by atoms with Crippen LogP contribution < -0.4 is 15.0 Å². The number of aromatic nitrogens is 2. The quantitative estimate of drug-likeness (QED) is 0.243. The van der Waals surface area contributed by atoms with E-state index < -0.39 is 12.1 Å². The zero-order valence-corrected chi connectivity index (χ0v) is 22.4. The largest absolute Gasteiger partial charge is 0.490 e. The first kappa shape index (κ1) is 26.7. The number of nitrogens with zero attached hydrogens (tertiary/aromatic N) is 3. The molecule has 0 radical (unpaired) electrons. The lowest BCUT2D eigenvalue weighted by Gasteiger charge is -2.17. The van der Waals surface area contributed by atoms with Gasteiger partial charge in [-0.15, -0.1) is 0 Å². The van der Waals surface area contributed by atoms with E-state index in [1.807, 2.05) is 19.1 Å². The molecule has 2 aromatic carbocycles. The summed E-state index contributed by atoms with van der Waals surface area (Å²) in [5.41, 5.74) is 0.944. The predicted octanol–water partition coefficient (Wildman–Crippen LogP) is 5.38. The molecule has 0 saturated heterocycles. The van der Waals surface area contributed by atoms with Crippen LogP contribution in [0.5, 0.6) is 11.5 Å². The second-order valence-electron chi connectivity index (χ2n) is 7.70. The first-order valence-electron chi connectivity index (χ1n) is 11.2. The van der Waals surface area contributed by atoms with E-state index in [0.29, 0.717) is 41.1 Å². The molecule has 3 rings (SSSR count). The highest BCUT2D eigenvalue weighted by atomic mass is 79.9. The molecule has 0 aliphatic rings. The number of methoxy groups -OCH3 is 1. The van der Waals surface area contributed by atoms with E-state index in [2.05, 4.69) is 32.9 Å². The third-order valence-electron chi connectivity index (χ3n) is 5.11. The van der Waals surface area contributed by atoms with Gasteiger partial charge < -0.3 is 14.2 Å². The molecule has 10 heteroatoms. The summed E-state index contributed by atoms with van der Waals surface area (Å²) in [7, 11) is 1.28. The third-order valence-corrected chi connectivity index (χ3v) is 5.89. The van der Waals surface area contributed by atoms with Gasteiger partial charge in [-0.05, 0) is 56.2 Å². The molecule has 0 bridgehead atoms. The van der Waals surface area contributed by atoms with Crippen molar-refractivity contribution in [3.05, 3.63) is 61.6 Å². The summed E-state index contributed by atoms with van der Waals surface area (Å²) in [6, 6.07) is 8.70. The average Bonchev–Trinajstić information content (AvgIpc) is 2.84. The minimum absolute atomic E-state index is 0.224. The molecule has 0 aliphatic heterocycles. The number of esters is 1. The van der Waals surface area contributed by atoms with Gasteiger partial charge in [-0.3, -0.25) is 4.79 Å². The summed E-state index contributed by atoms with van der Waals surface area (Å²) >= 11 is 9.88. The lowest BCUT2D eigenvalue weighted by Crippen LogP contribution is -2.25. The average molecular weight is 565 g/mol. The van der Waals surface area contributed by atoms with Crippen LogP contribution in [0.1, 0.15) is 45.0 Å². The number of carbonyl (C=O) groups is 1. The molecule has 0 unspecified atom stereocenters. The Morgan fingerprint density at radius 3 is 2.74 bits per heavy atom. The fourth-order valence-electron chi connectivity index (χ4n) is 3.37. The van der Waals surface area contributed by atoms with Crippen LogP contribution in [0.25, 0.3) is 10.9 Å². The van der Waals surface area contributed by atoms with E-state index in [0.717, 1.165) is 17.3 Å². The minimum Gasteiger partial charge on any atom is -0.490 e. The standard InChI is InChI=1S/C25H27BrClN3O5/c1-5-7-8-22-29-20-10-9-17(26)13-18(20)24(31)30(22)28-14-16-11-19(27)23(21(12-16)34-6-2)35-15(3)25(32)33-4/h9-15H,5-8H2,1-4H3/t15-/m0/s1. The summed E-state index contributed by atoms with van der Waals surface area (Å²) in [5, 5.41) is 5.15. The first-order chi connectivity index (χ1) is 16.8. The van der Waals surface area contributed by atoms with Crippen LogP contribution in [-0.4, -0.2) is 41.7 Å². The van der Waals surface area contributed by atoms with Gasteiger partial charge in [-0.25, -0.2) is 9.78 Å². The first-order valence-corrected chi connectivity index (χ1v) is 12.4. The summed E-state index contributed by atoms with van der Waals surface area (Å²) in [4.78, 5) is 29.7. The normalized spacial score (nSPS) is 12.2. The van der Waals surface area contributed by atoms with E-state index in [4.69, 9.17) is 25.8 Å². The minimum atomic E-state index is -0.876. The van der Waals surface area contributed by atoms with Crippen LogP contribution in [0.3, 0.4) is 0 Å². The van der Waals surface area contributed by atoms with Crippen molar-refractivity contribution in [3.63, 3.8) is 0 Å². The zero-order valence-electron chi connectivity index (χ0n) is 20.0. The molecule has 0 N–H and O–H groups in total. The van der Waals surface area contributed by atoms with Crippen molar-refractivity contribution < 1.29 is 19.0 Å². The Morgan fingerprint density at radius 1 is 1.29 bits per heavy atom. The predicted molar refractivity (Wildman–Crippen MR) is 140 cm³/mol. The second-order valence-corrected chi connectivity index (χ2v) is 9.02. The molecule has 1 aromatic heterocycles. The maximum Gasteiger partial charge on any atom is 0.346 e. The highest BCUT2D eigenvalue weighted by Gasteiger charge is 2.20. The molecule has 0 saturated carbocycles. The van der Waals surface area contributed by atoms with Crippen LogP contribution in [-0.2, 0) is 16.0 Å². The maximum atomic E-state index is 13.3. The summed E-state index contributed by atoms with van der Waals surface area (Å²) in [6.45, 7) is 5.80. The van der Waals surface area contributed by atoms with Crippen LogP contribution in [0.2, 0.25) is 5.02 Å². The Bertz CT molecular complexity index is 1310. The lowest BCUT2D eigenvalue weighted by molar-refractivity contribution is -0.147. The number of rotatable bonds is 10. The van der Waals surface area contributed by atoms with Gasteiger partial charge in [0, 0.05) is 10.9 Å². The van der Waals surface area contributed by atoms with Crippen molar-refractivity contribution >= 4 is 50.6 Å². The van der Waals surface area contributed by atoms with Gasteiger partial charge in [-0.2, -0.15) is 9.78 Å². The molecule has 3 aromatic rings. The topological polar surface area (TPSA) is 92.0 Å². The molecule has 186 valence electrons. The van der Waals surface area contributed by atoms with Crippen LogP contribution >= 0.6 is 27.5 Å². The lowest BCUT2D eigenvalue weighted by atomic mass is 10.2. The van der Waals surface area contributed by atoms with Gasteiger partial charge in [0.1, 0.15) is 5.82 Å². The Hall–Kier alpha value is -2.91. The molecule has 0 fully saturated rings. The third kappa shape index (κ3) is 6.41. The van der Waals surface area contributed by atoms with Crippen LogP contribution in [0.4, 0.5) is 0 Å². The number of fused-ring (bicyclic) bond motifs is 1. The summed E-state index contributed by atoms with van der Waals surface area (Å²) in [5.74, 6) is 0.604. The number of ether oxygens (including phenoxy) is 3. The monoisotopic (exact) mass is 563 g/mol. The molecular weight excluding hydrogens is 538 g/mol. The molecule has 1 atom stereocenters. The number of unbranched alkanes of at least 4 members (excludes halogenated alkanes) is 1. The highest BCUT2D eigenvalue weighted by Crippen LogP contribution is 2.37. The molecular formula is C25H27BrClN3O5. The van der Waals surface area contributed by atoms with Crippen molar-refractivity contribution in [1.29, 1.82) is 0 Å². The molecule has 0 aliphatic carbocycles. The fourth-order valence-corrected chi connectivity index (χ4v) is 3.99. The molecule has 0 amide bonds. The van der Waals surface area contributed by atoms with Crippen molar-refractivity contribution in [2.45, 2.75) is 46.1 Å². The van der Waals surface area contributed by atoms with Crippen molar-refractivity contribution in [2.75, 3.05) is 13.7 Å². The van der Waals surface area contributed by atoms with E-state index in [9.17, 15) is 9.59 Å². The van der Waals surface area contributed by atoms with Crippen molar-refractivity contribution in [3.8, 4) is 11.5 Å². The number of aryl methyl sites for hydroxylation is 1. The number of carbonyl (C=O) groups excluding carboxylic acids is 1. The van der Waals surface area contributed by atoms with Crippen molar-refractivity contribution in [2.24, 2.45) is 5.10 Å². The van der Waals surface area contributed by atoms with E-state index >= 15 is 0 Å². The zero-order chi connectivity index (χ0) is 25.5. The molecule has 1 heterocycles. The second kappa shape index (κ2) is 12.2. The molecule has 8 nitrogen and oxygen atoms in total. The van der Waals surface area contributed by atoms with Crippen LogP contribution in [0, 0.1) is 0 Å². The maximum absolute atomic E-state index is 13.3. The van der Waals surface area contributed by atoms with E-state index in [1.165, 1.54) is 18.0 Å². The smallest absolute Gasteiger partial charge is 0.346 e. The van der Waals surface area contributed by atoms with E-state index in [-0.39, 0.29) is 16.3 Å². The Morgan fingerprint density at radius 2 is 2.06 bits per heavy atom. The molecule has 0 spiro atoms. The van der Waals surface area contributed by atoms with E-state index in [1.54, 1.807) is 25.1 Å². The molecule has 35 heavy (non-hydrogen) atoms. The van der Waals surface area contributed by atoms with Gasteiger partial charge in [0.15, 0.2) is 17.6 Å². The Kier molecular flexibility index (Phi) is 9.28. The van der Waals surface area contributed by atoms with Crippen LogP contribution in [0.15, 0.2) is 44.7 Å². The highest BCUT2D eigenvalue weighted by molar-refractivity contribution is 9.10. The number of hydrogen-bond donors (Lipinski definition) is 0. The summed E-state index contributed by atoms with van der Waals surface area (Å²) < 4.78 is 18.2. The summed E-state index contributed by atoms with van der Waals surface area (Å²) in [6.07, 6.45) is 3.08. The number of benzene rings is 2. The number of halogens is 2. The Balaban J connectivity index is 2.05.